The van der Waals surface area contributed by atoms with E-state index in [9.17, 15) is 0 Å². The van der Waals surface area contributed by atoms with Gasteiger partial charge in [-0.1, -0.05) is 13.8 Å². The van der Waals surface area contributed by atoms with Gasteiger partial charge in [-0.25, -0.2) is 9.50 Å². The lowest BCUT2D eigenvalue weighted by Gasteiger charge is -2.29. The van der Waals surface area contributed by atoms with Crippen molar-refractivity contribution >= 4 is 22.9 Å². The number of nitrogens with zero attached hydrogens (tertiary/aromatic N) is 6. The third-order valence-corrected chi connectivity index (χ3v) is 5.73. The number of hydrogen-bond donors (Lipinski definition) is 1. The fourth-order valence-corrected chi connectivity index (χ4v) is 4.01. The van der Waals surface area contributed by atoms with Gasteiger partial charge in [-0.2, -0.15) is 0 Å². The minimum absolute atomic E-state index is 0. The number of rotatable bonds is 3. The van der Waals surface area contributed by atoms with Crippen LogP contribution in [0, 0.1) is 0 Å². The monoisotopic (exact) mass is 407 g/mol. The van der Waals surface area contributed by atoms with Gasteiger partial charge in [-0.05, 0) is 70.9 Å². The number of likely N-dealkylation sites (tertiary alicyclic amines) is 1. The summed E-state index contributed by atoms with van der Waals surface area (Å²) in [6.07, 6.45) is 8.05. The number of aliphatic imine (C=N–C) groups is 1. The first-order chi connectivity index (χ1) is 14.7. The fourth-order valence-electron chi connectivity index (χ4n) is 4.01. The van der Waals surface area contributed by atoms with E-state index >= 15 is 0 Å². The molecule has 0 spiro atoms. The second kappa shape index (κ2) is 8.92. The minimum atomic E-state index is 0. The Hall–Kier alpha value is -2.80. The third-order valence-electron chi connectivity index (χ3n) is 5.73. The van der Waals surface area contributed by atoms with Gasteiger partial charge < -0.3 is 10.2 Å². The predicted molar refractivity (Wildman–Crippen MR) is 125 cm³/mol. The highest BCUT2D eigenvalue weighted by atomic mass is 15.3. The van der Waals surface area contributed by atoms with Gasteiger partial charge >= 0.3 is 0 Å². The van der Waals surface area contributed by atoms with Crippen molar-refractivity contribution in [2.75, 3.05) is 25.5 Å². The quantitative estimate of drug-likeness (QED) is 0.687. The Labute approximate surface area is 179 Å². The van der Waals surface area contributed by atoms with Crippen LogP contribution in [-0.4, -0.2) is 56.4 Å². The highest BCUT2D eigenvalue weighted by molar-refractivity contribution is 5.87. The fraction of sp³-hybridized carbons (Fsp3) is 0.478. The van der Waals surface area contributed by atoms with E-state index in [1.54, 1.807) is 0 Å². The lowest BCUT2D eigenvalue weighted by Crippen LogP contribution is -2.37. The van der Waals surface area contributed by atoms with E-state index in [0.29, 0.717) is 12.0 Å². The summed E-state index contributed by atoms with van der Waals surface area (Å²) in [7, 11) is 2.17. The van der Waals surface area contributed by atoms with Crippen LogP contribution >= 0.6 is 0 Å². The Kier molecular flexibility index (Phi) is 6.08. The van der Waals surface area contributed by atoms with Crippen LogP contribution in [0.1, 0.15) is 47.2 Å². The van der Waals surface area contributed by atoms with E-state index in [2.05, 4.69) is 51.4 Å². The molecule has 2 aliphatic rings. The molecular formula is C23H33N7. The molecule has 1 saturated heterocycles. The van der Waals surface area contributed by atoms with Crippen LogP contribution in [0.5, 0.6) is 0 Å². The Morgan fingerprint density at radius 3 is 2.70 bits per heavy atom. The first-order valence-electron chi connectivity index (χ1n) is 11.0. The van der Waals surface area contributed by atoms with Crippen LogP contribution in [-0.2, 0) is 6.42 Å². The molecule has 5 rings (SSSR count). The number of fused-ring (bicyclic) bond motifs is 2. The maximum absolute atomic E-state index is 4.87. The van der Waals surface area contributed by atoms with Crippen LogP contribution in [0.25, 0.3) is 16.8 Å². The average molecular weight is 408 g/mol. The highest BCUT2D eigenvalue weighted by Gasteiger charge is 2.18. The van der Waals surface area contributed by atoms with Gasteiger partial charge in [0.2, 0.25) is 5.95 Å². The summed E-state index contributed by atoms with van der Waals surface area (Å²) >= 11 is 0. The number of piperidine rings is 1. The molecule has 7 heteroatoms. The largest absolute Gasteiger partial charge is 0.350 e. The Bertz CT molecular complexity index is 1050. The van der Waals surface area contributed by atoms with Crippen LogP contribution in [0.2, 0.25) is 0 Å². The van der Waals surface area contributed by atoms with Crippen molar-refractivity contribution in [2.24, 2.45) is 4.99 Å². The van der Waals surface area contributed by atoms with Gasteiger partial charge in [0.25, 0.3) is 0 Å². The van der Waals surface area contributed by atoms with Gasteiger partial charge in [0.1, 0.15) is 0 Å². The van der Waals surface area contributed by atoms with Gasteiger partial charge in [0, 0.05) is 24.9 Å². The molecule has 0 aromatic carbocycles. The van der Waals surface area contributed by atoms with Crippen molar-refractivity contribution in [1.82, 2.24) is 24.5 Å². The second-order valence-corrected chi connectivity index (χ2v) is 7.87. The van der Waals surface area contributed by atoms with Crippen LogP contribution in [0.3, 0.4) is 0 Å². The number of hydrogen-bond acceptors (Lipinski definition) is 6. The Morgan fingerprint density at radius 1 is 1.10 bits per heavy atom. The first-order valence-corrected chi connectivity index (χ1v) is 11.0. The lowest BCUT2D eigenvalue weighted by molar-refractivity contribution is 0.263. The summed E-state index contributed by atoms with van der Waals surface area (Å²) in [6.45, 7) is 8.30. The molecule has 0 bridgehead atoms. The van der Waals surface area contributed by atoms with E-state index in [0.717, 1.165) is 66.9 Å². The van der Waals surface area contributed by atoms with E-state index < -0.39 is 0 Å². The van der Waals surface area contributed by atoms with Crippen molar-refractivity contribution in [1.29, 1.82) is 0 Å². The van der Waals surface area contributed by atoms with Gasteiger partial charge in [0.05, 0.1) is 28.8 Å². The molecule has 30 heavy (non-hydrogen) atoms. The molecule has 160 valence electrons. The molecule has 2 aliphatic heterocycles. The van der Waals surface area contributed by atoms with Crippen molar-refractivity contribution in [2.45, 2.75) is 52.5 Å². The highest BCUT2D eigenvalue weighted by Crippen LogP contribution is 2.30. The average Bonchev–Trinajstić information content (AvgIpc) is 3.20. The Morgan fingerprint density at radius 2 is 1.90 bits per heavy atom. The zero-order chi connectivity index (χ0) is 21.1. The molecular weight excluding hydrogens is 374 g/mol. The molecule has 1 N–H and O–H groups in total. The summed E-state index contributed by atoms with van der Waals surface area (Å²) in [4.78, 5) is 16.4. The number of nitrogens with one attached hydrogen (secondary N) is 1. The van der Waals surface area contributed by atoms with Gasteiger partial charge in [0.15, 0.2) is 0 Å². The molecule has 3 aromatic rings. The first kappa shape index (κ1) is 20.5. The molecule has 0 radical (unpaired) electrons. The zero-order valence-corrected chi connectivity index (χ0v) is 18.4. The number of aryl methyl sites for hydroxylation is 1. The second-order valence-electron chi connectivity index (χ2n) is 7.87. The number of aromatic nitrogens is 4. The van der Waals surface area contributed by atoms with E-state index in [1.807, 2.05) is 36.8 Å². The van der Waals surface area contributed by atoms with Crippen molar-refractivity contribution in [3.63, 3.8) is 0 Å². The van der Waals surface area contributed by atoms with Gasteiger partial charge in [-0.15, -0.1) is 5.10 Å². The number of anilines is 1. The molecule has 7 nitrogen and oxygen atoms in total. The van der Waals surface area contributed by atoms with Crippen LogP contribution in [0.4, 0.5) is 11.6 Å². The smallest absolute Gasteiger partial charge is 0.241 e. The van der Waals surface area contributed by atoms with Crippen molar-refractivity contribution < 1.29 is 1.43 Å². The van der Waals surface area contributed by atoms with Crippen LogP contribution < -0.4 is 5.32 Å². The molecule has 0 aliphatic carbocycles. The van der Waals surface area contributed by atoms with Crippen molar-refractivity contribution in [3.05, 3.63) is 36.3 Å². The summed E-state index contributed by atoms with van der Waals surface area (Å²) in [6, 6.07) is 6.62. The van der Waals surface area contributed by atoms with Crippen LogP contribution in [0.15, 0.2) is 35.6 Å². The molecule has 0 amide bonds. The van der Waals surface area contributed by atoms with Gasteiger partial charge in [-0.3, -0.25) is 9.98 Å². The van der Waals surface area contributed by atoms with E-state index in [1.165, 1.54) is 5.71 Å². The van der Waals surface area contributed by atoms with E-state index in [-0.39, 0.29) is 1.43 Å². The SMILES string of the molecule is CC.CC1=Nc2ccc(-c3ccn4nc(NC5CCN(C)CC5)ncc34)nc2CC1.[HH]. The van der Waals surface area contributed by atoms with E-state index in [4.69, 9.17) is 4.98 Å². The zero-order valence-electron chi connectivity index (χ0n) is 18.4. The van der Waals surface area contributed by atoms with Crippen molar-refractivity contribution in [3.8, 4) is 11.3 Å². The minimum Gasteiger partial charge on any atom is -0.350 e. The Balaban J connectivity index is 0.000000883. The summed E-state index contributed by atoms with van der Waals surface area (Å²) in [5, 5.41) is 8.15. The maximum Gasteiger partial charge on any atom is 0.241 e. The molecule has 0 atom stereocenters. The topological polar surface area (TPSA) is 70.7 Å². The molecule has 3 aromatic heterocycles. The molecule has 5 heterocycles. The molecule has 0 saturated carbocycles. The summed E-state index contributed by atoms with van der Waals surface area (Å²) in [5.74, 6) is 0.687. The standard InChI is InChI=1S/C21H25N7.C2H6.H2/c1-14-3-4-19-18(23-14)6-5-17(25-19)16-9-12-28-20(16)13-22-21(26-28)24-15-7-10-27(2)11-8-15;1-2;/h5-6,9,12-13,15H,3-4,7-8,10-11H2,1-2H3,(H,24,26);1-2H3;1H. The lowest BCUT2D eigenvalue weighted by atomic mass is 10.1. The summed E-state index contributed by atoms with van der Waals surface area (Å²) < 4.78 is 1.89. The maximum atomic E-state index is 4.87. The summed E-state index contributed by atoms with van der Waals surface area (Å²) in [5.41, 5.74) is 6.22. The molecule has 1 fully saturated rings. The molecule has 0 unspecified atom stereocenters. The predicted octanol–water partition coefficient (Wildman–Crippen LogP) is 4.61. The third kappa shape index (κ3) is 4.21. The normalized spacial score (nSPS) is 17.1. The number of pyridine rings is 1.